The Bertz CT molecular complexity index is 297. The van der Waals surface area contributed by atoms with Crippen LogP contribution in [0.4, 0.5) is 0 Å². The van der Waals surface area contributed by atoms with E-state index >= 15 is 0 Å². The predicted molar refractivity (Wildman–Crippen MR) is 153 cm³/mol. The summed E-state index contributed by atoms with van der Waals surface area (Å²) in [6, 6.07) is 0. The molecule has 0 atom stereocenters. The molecular formula is C26H64N4SiTi. The molecule has 0 saturated heterocycles. The number of nitrogens with one attached hydrogen (secondary N) is 4. The molecule has 0 spiro atoms. The fourth-order valence-corrected chi connectivity index (χ4v) is 0. The monoisotopic (exact) mass is 508 g/mol. The Morgan fingerprint density at radius 2 is 0.438 bits per heavy atom. The third kappa shape index (κ3) is 44.4. The first-order chi connectivity index (χ1) is 13.2. The summed E-state index contributed by atoms with van der Waals surface area (Å²) in [6.45, 7) is 36.5. The van der Waals surface area contributed by atoms with Crippen LogP contribution in [0.1, 0.15) is 111 Å². The predicted octanol–water partition coefficient (Wildman–Crippen LogP) is 10.1. The molecule has 0 aromatic carbocycles. The van der Waals surface area contributed by atoms with E-state index < -0.39 is 0 Å². The SMILES string of the molecule is CC(C)C(C)(C)[NH-].CC(C)C(C)(C)[NH-].CC(C)C(C)(C)[NH-].CC(C)C(C)(C)[NH-].C[SiH2]C.[Ti+4]. The van der Waals surface area contributed by atoms with Crippen molar-refractivity contribution in [2.75, 3.05) is 0 Å². The molecule has 0 aliphatic heterocycles. The summed E-state index contributed by atoms with van der Waals surface area (Å²) in [7, 11) is 0.417. The van der Waals surface area contributed by atoms with Crippen molar-refractivity contribution < 1.29 is 21.7 Å². The molecule has 0 amide bonds. The van der Waals surface area contributed by atoms with Gasteiger partial charge in [-0.1, -0.05) is 148 Å². The van der Waals surface area contributed by atoms with E-state index in [0.29, 0.717) is 33.2 Å². The van der Waals surface area contributed by atoms with Gasteiger partial charge in [0.1, 0.15) is 0 Å². The molecule has 32 heavy (non-hydrogen) atoms. The molecule has 0 aliphatic rings. The Morgan fingerprint density at radius 1 is 0.406 bits per heavy atom. The van der Waals surface area contributed by atoms with E-state index in [-0.39, 0.29) is 43.9 Å². The smallest absolute Gasteiger partial charge is 0.672 e. The summed E-state index contributed by atoms with van der Waals surface area (Å²) in [5.74, 6) is 1.86. The van der Waals surface area contributed by atoms with Gasteiger partial charge in [0.2, 0.25) is 0 Å². The second-order valence-corrected chi connectivity index (χ2v) is 13.6. The quantitative estimate of drug-likeness (QED) is 0.338. The Balaban J connectivity index is -0.0000000669. The molecule has 0 aliphatic carbocycles. The van der Waals surface area contributed by atoms with Crippen LogP contribution in [0.3, 0.4) is 0 Å². The summed E-state index contributed by atoms with van der Waals surface area (Å²) >= 11 is 0. The van der Waals surface area contributed by atoms with E-state index in [1.54, 1.807) is 0 Å². The average molecular weight is 509 g/mol. The molecule has 0 unspecified atom stereocenters. The van der Waals surface area contributed by atoms with Crippen molar-refractivity contribution >= 4 is 9.52 Å². The van der Waals surface area contributed by atoms with Gasteiger partial charge in [0, 0.05) is 9.52 Å². The summed E-state index contributed by atoms with van der Waals surface area (Å²) < 4.78 is 0. The second kappa shape index (κ2) is 21.1. The van der Waals surface area contributed by atoms with Crippen molar-refractivity contribution in [2.45, 2.75) is 146 Å². The molecule has 0 aromatic rings. The summed E-state index contributed by atoms with van der Waals surface area (Å²) in [5, 5.41) is 0. The van der Waals surface area contributed by atoms with E-state index in [9.17, 15) is 0 Å². The van der Waals surface area contributed by atoms with Crippen molar-refractivity contribution in [3.05, 3.63) is 22.9 Å². The van der Waals surface area contributed by atoms with Crippen LogP contribution in [0.5, 0.6) is 0 Å². The maximum atomic E-state index is 7.39. The first kappa shape index (κ1) is 46.2. The Labute approximate surface area is 223 Å². The van der Waals surface area contributed by atoms with Crippen LogP contribution >= 0.6 is 0 Å². The van der Waals surface area contributed by atoms with Crippen molar-refractivity contribution in [3.8, 4) is 0 Å². The van der Waals surface area contributed by atoms with Crippen molar-refractivity contribution in [2.24, 2.45) is 23.7 Å². The summed E-state index contributed by atoms with van der Waals surface area (Å²) in [6.07, 6.45) is 0. The topological polar surface area (TPSA) is 95.2 Å². The van der Waals surface area contributed by atoms with E-state index in [2.05, 4.69) is 68.5 Å². The van der Waals surface area contributed by atoms with Gasteiger partial charge in [0.05, 0.1) is 0 Å². The molecule has 0 heterocycles. The summed E-state index contributed by atoms with van der Waals surface area (Å²) in [5.41, 5.74) is 28.5. The van der Waals surface area contributed by atoms with Gasteiger partial charge in [-0.2, -0.15) is 0 Å². The third-order valence-electron chi connectivity index (χ3n) is 5.77. The molecule has 0 rings (SSSR count). The molecule has 0 bridgehead atoms. The van der Waals surface area contributed by atoms with Gasteiger partial charge >= 0.3 is 21.7 Å². The van der Waals surface area contributed by atoms with Crippen LogP contribution in [-0.4, -0.2) is 31.7 Å². The van der Waals surface area contributed by atoms with Crippen LogP contribution in [0.25, 0.3) is 22.9 Å². The van der Waals surface area contributed by atoms with Crippen LogP contribution in [0.15, 0.2) is 0 Å². The fourth-order valence-electron chi connectivity index (χ4n) is 0. The maximum absolute atomic E-state index is 7.39. The van der Waals surface area contributed by atoms with Gasteiger partial charge in [-0.25, -0.2) is 0 Å². The molecule has 4 nitrogen and oxygen atoms in total. The minimum Gasteiger partial charge on any atom is -0.672 e. The Hall–Kier alpha value is 0.771. The van der Waals surface area contributed by atoms with Crippen molar-refractivity contribution in [1.29, 1.82) is 0 Å². The fraction of sp³-hybridized carbons (Fsp3) is 1.00. The van der Waals surface area contributed by atoms with Crippen LogP contribution in [0, 0.1) is 23.7 Å². The van der Waals surface area contributed by atoms with Gasteiger partial charge in [-0.3, -0.25) is 0 Å². The van der Waals surface area contributed by atoms with E-state index in [1.165, 1.54) is 0 Å². The molecular weight excluding hydrogens is 444 g/mol. The Kier molecular flexibility index (Phi) is 30.4. The van der Waals surface area contributed by atoms with E-state index in [0.717, 1.165) is 0 Å². The van der Waals surface area contributed by atoms with Crippen LogP contribution < -0.4 is 0 Å². The van der Waals surface area contributed by atoms with Crippen LogP contribution in [0.2, 0.25) is 13.1 Å². The van der Waals surface area contributed by atoms with Gasteiger partial charge in [-0.05, 0) is 0 Å². The van der Waals surface area contributed by atoms with Crippen LogP contribution in [-0.2, 0) is 21.7 Å². The first-order valence-corrected chi connectivity index (χ1v) is 15.0. The largest absolute Gasteiger partial charge is 4.00 e. The van der Waals surface area contributed by atoms with Gasteiger partial charge in [0.25, 0.3) is 0 Å². The first-order valence-electron chi connectivity index (χ1n) is 12.2. The Morgan fingerprint density at radius 3 is 0.438 bits per heavy atom. The average Bonchev–Trinajstić information content (AvgIpc) is 2.45. The molecule has 196 valence electrons. The second-order valence-electron chi connectivity index (χ2n) is 12.2. The van der Waals surface area contributed by atoms with Gasteiger partial charge in [-0.15, -0.1) is 22.2 Å². The zero-order chi connectivity index (χ0) is 27.0. The van der Waals surface area contributed by atoms with Crippen molar-refractivity contribution in [3.63, 3.8) is 0 Å². The summed E-state index contributed by atoms with van der Waals surface area (Å²) in [4.78, 5) is 0. The van der Waals surface area contributed by atoms with E-state index in [4.69, 9.17) is 22.9 Å². The van der Waals surface area contributed by atoms with Gasteiger partial charge < -0.3 is 22.9 Å². The molecule has 0 fully saturated rings. The number of rotatable bonds is 4. The van der Waals surface area contributed by atoms with Gasteiger partial charge in [0.15, 0.2) is 0 Å². The normalized spacial score (nSPS) is 11.8. The van der Waals surface area contributed by atoms with E-state index in [1.807, 2.05) is 55.4 Å². The third-order valence-corrected chi connectivity index (χ3v) is 5.77. The number of hydrogen-bond acceptors (Lipinski definition) is 0. The molecule has 0 saturated carbocycles. The minimum atomic E-state index is -0.250. The molecule has 0 aromatic heterocycles. The molecule has 0 radical (unpaired) electrons. The molecule has 4 N–H and O–H groups in total. The zero-order valence-electron chi connectivity index (χ0n) is 25.5. The number of hydrogen-bond donors (Lipinski definition) is 0. The molecule has 6 heteroatoms. The zero-order valence-corrected chi connectivity index (χ0v) is 28.5. The minimum absolute atomic E-state index is 0. The standard InChI is InChI=1S/4C6H14N.C2H8Si.Ti/c4*1-5(2)6(3,4)7;1-3-2;/h4*5,7H,1-4H3;3H2,1-2H3;/q4*-1;;+4. The van der Waals surface area contributed by atoms with Crippen molar-refractivity contribution in [1.82, 2.24) is 0 Å². The maximum Gasteiger partial charge on any atom is 4.00 e.